The van der Waals surface area contributed by atoms with Crippen molar-refractivity contribution in [2.45, 2.75) is 19.9 Å². The third-order valence-electron chi connectivity index (χ3n) is 4.42. The Hall–Kier alpha value is -3.75. The van der Waals surface area contributed by atoms with Gasteiger partial charge in [-0.3, -0.25) is 9.78 Å². The second kappa shape index (κ2) is 7.47. The minimum atomic E-state index is -0.478. The van der Waals surface area contributed by atoms with Gasteiger partial charge in [-0.1, -0.05) is 17.2 Å². The molecule has 2 N–H and O–H groups in total. The molecule has 2 aromatic heterocycles. The zero-order chi connectivity index (χ0) is 19.5. The van der Waals surface area contributed by atoms with Crippen LogP contribution < -0.4 is 15.4 Å². The van der Waals surface area contributed by atoms with Crippen LogP contribution in [0.25, 0.3) is 0 Å². The zero-order valence-electron chi connectivity index (χ0n) is 15.5. The molecule has 1 aliphatic rings. The van der Waals surface area contributed by atoms with Gasteiger partial charge < -0.3 is 15.4 Å². The molecule has 3 aromatic rings. The summed E-state index contributed by atoms with van der Waals surface area (Å²) in [6, 6.07) is 10.5. The maximum atomic E-state index is 13.3. The first kappa shape index (κ1) is 17.7. The molecule has 4 rings (SSSR count). The van der Waals surface area contributed by atoms with Crippen molar-refractivity contribution < 1.29 is 9.53 Å². The molecule has 142 valence electrons. The minimum Gasteiger partial charge on any atom is -0.492 e. The van der Waals surface area contributed by atoms with Crippen molar-refractivity contribution >= 4 is 17.5 Å². The summed E-state index contributed by atoms with van der Waals surface area (Å²) in [5, 5.41) is 17.8. The van der Waals surface area contributed by atoms with E-state index in [2.05, 4.69) is 31.1 Å². The van der Waals surface area contributed by atoms with E-state index in [4.69, 9.17) is 4.74 Å². The lowest BCUT2D eigenvalue weighted by molar-refractivity contribution is -0.113. The number of fused-ring (bicyclic) bond motifs is 1. The largest absolute Gasteiger partial charge is 0.492 e. The number of amides is 1. The Kier molecular flexibility index (Phi) is 4.71. The second-order valence-electron chi connectivity index (χ2n) is 6.18. The van der Waals surface area contributed by atoms with Gasteiger partial charge in [0.05, 0.1) is 17.9 Å². The Morgan fingerprint density at radius 2 is 2.04 bits per heavy atom. The molecule has 9 heteroatoms. The number of aromatic nitrogens is 5. The Morgan fingerprint density at radius 3 is 2.82 bits per heavy atom. The predicted octanol–water partition coefficient (Wildman–Crippen LogP) is 2.39. The smallest absolute Gasteiger partial charge is 0.255 e. The van der Waals surface area contributed by atoms with Crippen molar-refractivity contribution in [1.29, 1.82) is 0 Å². The Morgan fingerprint density at radius 1 is 1.25 bits per heavy atom. The summed E-state index contributed by atoms with van der Waals surface area (Å²) in [6.45, 7) is 4.23. The molecule has 0 saturated carbocycles. The fourth-order valence-electron chi connectivity index (χ4n) is 3.20. The lowest BCUT2D eigenvalue weighted by Gasteiger charge is -2.28. The molecule has 0 spiro atoms. The second-order valence-corrected chi connectivity index (χ2v) is 6.18. The fourth-order valence-corrected chi connectivity index (χ4v) is 3.20. The minimum absolute atomic E-state index is 0.264. The molecule has 0 fully saturated rings. The molecule has 1 atom stereocenters. The van der Waals surface area contributed by atoms with Crippen molar-refractivity contribution in [3.05, 3.63) is 65.6 Å². The quantitative estimate of drug-likeness (QED) is 0.703. The molecule has 28 heavy (non-hydrogen) atoms. The average Bonchev–Trinajstić information content (AvgIpc) is 3.17. The molecular weight excluding hydrogens is 358 g/mol. The van der Waals surface area contributed by atoms with Gasteiger partial charge in [0.15, 0.2) is 0 Å². The van der Waals surface area contributed by atoms with E-state index in [1.807, 2.05) is 44.2 Å². The number of carbonyl (C=O) groups excluding carboxylic acids is 1. The Bertz CT molecular complexity index is 1030. The van der Waals surface area contributed by atoms with E-state index in [0.717, 1.165) is 5.56 Å². The van der Waals surface area contributed by atoms with E-state index >= 15 is 0 Å². The van der Waals surface area contributed by atoms with Crippen LogP contribution in [-0.4, -0.2) is 37.7 Å². The summed E-state index contributed by atoms with van der Waals surface area (Å²) in [6.07, 6.45) is 3.35. The molecule has 0 radical (unpaired) electrons. The molecular formula is C19H19N7O2. The van der Waals surface area contributed by atoms with Crippen LogP contribution in [0.15, 0.2) is 60.1 Å². The molecule has 0 unspecified atom stereocenters. The third-order valence-corrected chi connectivity index (χ3v) is 4.42. The van der Waals surface area contributed by atoms with Gasteiger partial charge in [-0.05, 0) is 54.1 Å². The van der Waals surface area contributed by atoms with Crippen LogP contribution in [0.4, 0.5) is 11.6 Å². The van der Waals surface area contributed by atoms with Crippen LogP contribution in [-0.2, 0) is 4.79 Å². The molecule has 3 heterocycles. The number of carbonyl (C=O) groups is 1. The standard InChI is InChI=1S/C19H19N7O2/c1-3-28-15-7-5-4-6-14(15)22-18(27)16-12(2)21-19-23-24-25-26(19)17(16)13-8-10-20-11-9-13/h4-11,17H,3H2,1-2H3,(H,22,27)(H,21,23,25)/t17-/m0/s1. The van der Waals surface area contributed by atoms with Crippen molar-refractivity contribution in [2.75, 3.05) is 17.2 Å². The van der Waals surface area contributed by atoms with E-state index in [1.165, 1.54) is 0 Å². The monoisotopic (exact) mass is 377 g/mol. The van der Waals surface area contributed by atoms with Crippen LogP contribution in [0.2, 0.25) is 0 Å². The first-order valence-electron chi connectivity index (χ1n) is 8.87. The maximum absolute atomic E-state index is 13.3. The SMILES string of the molecule is CCOc1ccccc1NC(=O)C1=C(C)Nc2nnnn2[C@H]1c1ccncc1. The lowest BCUT2D eigenvalue weighted by Crippen LogP contribution is -2.31. The fraction of sp³-hybridized carbons (Fsp3) is 0.211. The molecule has 0 bridgehead atoms. The highest BCUT2D eigenvalue weighted by Crippen LogP contribution is 2.35. The number of rotatable bonds is 5. The van der Waals surface area contributed by atoms with Crippen molar-refractivity contribution in [1.82, 2.24) is 25.2 Å². The van der Waals surface area contributed by atoms with Crippen molar-refractivity contribution in [3.8, 4) is 5.75 Å². The number of hydrogen-bond acceptors (Lipinski definition) is 7. The Balaban J connectivity index is 1.73. The number of nitrogens with zero attached hydrogens (tertiary/aromatic N) is 5. The van der Waals surface area contributed by atoms with E-state index in [1.54, 1.807) is 23.1 Å². The summed E-state index contributed by atoms with van der Waals surface area (Å²) in [5.41, 5.74) is 2.64. The highest BCUT2D eigenvalue weighted by molar-refractivity contribution is 6.06. The van der Waals surface area contributed by atoms with Gasteiger partial charge >= 0.3 is 0 Å². The van der Waals surface area contributed by atoms with Crippen molar-refractivity contribution in [3.63, 3.8) is 0 Å². The summed E-state index contributed by atoms with van der Waals surface area (Å²) in [7, 11) is 0. The highest BCUT2D eigenvalue weighted by Gasteiger charge is 2.34. The number of para-hydroxylation sites is 2. The van der Waals surface area contributed by atoms with Crippen LogP contribution >= 0.6 is 0 Å². The first-order valence-corrected chi connectivity index (χ1v) is 8.87. The Labute approximate surface area is 161 Å². The number of anilines is 2. The van der Waals surface area contributed by atoms with Gasteiger partial charge in [-0.2, -0.15) is 4.68 Å². The molecule has 1 amide bonds. The van der Waals surface area contributed by atoms with E-state index < -0.39 is 6.04 Å². The number of tetrazole rings is 1. The van der Waals surface area contributed by atoms with Crippen LogP contribution in [0, 0.1) is 0 Å². The molecule has 1 aromatic carbocycles. The molecule has 0 saturated heterocycles. The van der Waals surface area contributed by atoms with E-state index in [-0.39, 0.29) is 5.91 Å². The van der Waals surface area contributed by atoms with Gasteiger partial charge in [0.1, 0.15) is 11.8 Å². The van der Waals surface area contributed by atoms with Gasteiger partial charge in [-0.15, -0.1) is 0 Å². The molecule has 0 aliphatic carbocycles. The number of ether oxygens (including phenoxy) is 1. The normalized spacial score (nSPS) is 15.6. The summed E-state index contributed by atoms with van der Waals surface area (Å²) in [4.78, 5) is 17.4. The van der Waals surface area contributed by atoms with Gasteiger partial charge in [-0.25, -0.2) is 0 Å². The summed E-state index contributed by atoms with van der Waals surface area (Å²) >= 11 is 0. The van der Waals surface area contributed by atoms with E-state index in [0.29, 0.717) is 35.3 Å². The van der Waals surface area contributed by atoms with Crippen LogP contribution in [0.3, 0.4) is 0 Å². The van der Waals surface area contributed by atoms with Crippen LogP contribution in [0.5, 0.6) is 5.75 Å². The van der Waals surface area contributed by atoms with Gasteiger partial charge in [0.2, 0.25) is 5.95 Å². The van der Waals surface area contributed by atoms with E-state index in [9.17, 15) is 4.79 Å². The van der Waals surface area contributed by atoms with Crippen LogP contribution in [0.1, 0.15) is 25.5 Å². The number of allylic oxidation sites excluding steroid dienone is 1. The van der Waals surface area contributed by atoms with Crippen molar-refractivity contribution in [2.24, 2.45) is 0 Å². The lowest BCUT2D eigenvalue weighted by atomic mass is 9.96. The molecule has 9 nitrogen and oxygen atoms in total. The topological polar surface area (TPSA) is 107 Å². The predicted molar refractivity (Wildman–Crippen MR) is 103 cm³/mol. The zero-order valence-corrected chi connectivity index (χ0v) is 15.5. The van der Waals surface area contributed by atoms with Gasteiger partial charge in [0, 0.05) is 18.1 Å². The maximum Gasteiger partial charge on any atom is 0.255 e. The number of nitrogens with one attached hydrogen (secondary N) is 2. The highest BCUT2D eigenvalue weighted by atomic mass is 16.5. The number of pyridine rings is 1. The molecule has 1 aliphatic heterocycles. The summed E-state index contributed by atoms with van der Waals surface area (Å²) < 4.78 is 7.20. The third kappa shape index (κ3) is 3.18. The first-order chi connectivity index (χ1) is 13.7. The number of hydrogen-bond donors (Lipinski definition) is 2. The summed E-state index contributed by atoms with van der Waals surface area (Å²) in [5.74, 6) is 0.828. The van der Waals surface area contributed by atoms with Gasteiger partial charge in [0.25, 0.3) is 5.91 Å². The average molecular weight is 377 g/mol. The number of benzene rings is 1.